The summed E-state index contributed by atoms with van der Waals surface area (Å²) in [7, 11) is 2.85. The Morgan fingerprint density at radius 2 is 1.74 bits per heavy atom. The Hall–Kier alpha value is -3.93. The molecule has 5 saturated carbocycles. The van der Waals surface area contributed by atoms with Crippen LogP contribution in [0.4, 0.5) is 0 Å². The molecule has 13 nitrogen and oxygen atoms in total. The molecule has 10 bridgehead atoms. The molecule has 2 aromatic rings. The third kappa shape index (κ3) is 6.12. The highest BCUT2D eigenvalue weighted by molar-refractivity contribution is 8.76. The first-order chi connectivity index (χ1) is 33.8. The van der Waals surface area contributed by atoms with Crippen LogP contribution >= 0.6 is 21.6 Å². The van der Waals surface area contributed by atoms with Crippen LogP contribution in [0.5, 0.6) is 5.75 Å². The monoisotopic (exact) mass is 990 g/mol. The highest BCUT2D eigenvalue weighted by Gasteiger charge is 2.79. The number of allylic oxidation sites excluding steroid dienone is 6. The largest absolute Gasteiger partial charge is 0.511 e. The van der Waals surface area contributed by atoms with Gasteiger partial charge < -0.3 is 55.5 Å². The topological polar surface area (TPSA) is 215 Å². The Balaban J connectivity index is 0.954. The number of carbonyl (C=O) groups is 3. The molecule has 3 heterocycles. The van der Waals surface area contributed by atoms with Crippen LogP contribution in [0, 0.1) is 57.2 Å². The third-order valence-corrected chi connectivity index (χ3v) is 22.3. The normalized spacial score (nSPS) is 42.8. The molecule has 14 atom stereocenters. The number of nitrogens with one attached hydrogen (secondary N) is 2. The lowest BCUT2D eigenvalue weighted by Gasteiger charge is -2.65. The maximum Gasteiger partial charge on any atom is 0.229 e. The molecule has 0 radical (unpaired) electrons. The molecule has 2 aromatic carbocycles. The molecule has 12 aliphatic rings. The Labute approximate surface area is 415 Å². The van der Waals surface area contributed by atoms with E-state index in [0.717, 1.165) is 73.9 Å². The molecule has 14 unspecified atom stereocenters. The van der Waals surface area contributed by atoms with E-state index < -0.39 is 70.5 Å². The van der Waals surface area contributed by atoms with Crippen molar-refractivity contribution in [2.45, 2.75) is 113 Å². The summed E-state index contributed by atoms with van der Waals surface area (Å²) in [5.41, 5.74) is -2.18. The summed E-state index contributed by atoms with van der Waals surface area (Å²) in [6.45, 7) is -0.258. The fourth-order valence-electron chi connectivity index (χ4n) is 17.6. The summed E-state index contributed by atoms with van der Waals surface area (Å²) in [6, 6.07) is 12.1. The fourth-order valence-corrected chi connectivity index (χ4v) is 19.8. The third-order valence-electron chi connectivity index (χ3n) is 20.1. The van der Waals surface area contributed by atoms with Crippen LogP contribution in [0.2, 0.25) is 0 Å². The van der Waals surface area contributed by atoms with Gasteiger partial charge in [-0.3, -0.25) is 9.59 Å². The second kappa shape index (κ2) is 16.0. The second-order valence-electron chi connectivity index (χ2n) is 23.3. The minimum atomic E-state index is -2.30. The molecule has 370 valence electrons. The number of Topliss-reactive ketones (excluding diaryl/α,β-unsaturated/α-hetero) is 2. The van der Waals surface area contributed by atoms with Crippen molar-refractivity contribution in [3.05, 3.63) is 111 Å². The smallest absolute Gasteiger partial charge is 0.229 e. The summed E-state index contributed by atoms with van der Waals surface area (Å²) in [4.78, 5) is 44.1. The molecule has 1 saturated heterocycles. The highest BCUT2D eigenvalue weighted by Crippen LogP contribution is 2.79. The molecule has 0 amide bonds. The van der Waals surface area contributed by atoms with Gasteiger partial charge in [-0.15, -0.1) is 0 Å². The minimum Gasteiger partial charge on any atom is -0.511 e. The van der Waals surface area contributed by atoms with Gasteiger partial charge in [0.25, 0.3) is 0 Å². The Morgan fingerprint density at radius 3 is 2.54 bits per heavy atom. The van der Waals surface area contributed by atoms with Crippen LogP contribution in [0.25, 0.3) is 0 Å². The van der Waals surface area contributed by atoms with Crippen LogP contribution < -0.4 is 15.4 Å². The molecule has 0 aromatic heterocycles. The first-order valence-corrected chi connectivity index (χ1v) is 27.9. The lowest BCUT2D eigenvalue weighted by molar-refractivity contribution is -0.392. The molecule has 6 fully saturated rings. The van der Waals surface area contributed by atoms with E-state index >= 15 is 9.59 Å². The van der Waals surface area contributed by atoms with Crippen LogP contribution in [-0.4, -0.2) is 103 Å². The number of hydrogen-bond donors (Lipinski definition) is 8. The van der Waals surface area contributed by atoms with Crippen molar-refractivity contribution in [2.75, 3.05) is 24.8 Å². The number of ketones is 2. The number of benzene rings is 2. The van der Waals surface area contributed by atoms with Gasteiger partial charge in [0.05, 0.1) is 36.4 Å². The number of dihydropyridines is 1. The van der Waals surface area contributed by atoms with Gasteiger partial charge in [-0.1, -0.05) is 76.9 Å². The number of fused-ring (bicyclic) bond motifs is 2. The van der Waals surface area contributed by atoms with Crippen molar-refractivity contribution in [3.63, 3.8) is 0 Å². The van der Waals surface area contributed by atoms with E-state index in [2.05, 4.69) is 16.7 Å². The number of hydrogen-bond acceptors (Lipinski definition) is 15. The summed E-state index contributed by atoms with van der Waals surface area (Å²) in [6.07, 6.45) is 11.2. The van der Waals surface area contributed by atoms with Gasteiger partial charge in [-0.2, -0.15) is 0 Å². The Morgan fingerprint density at radius 1 is 0.929 bits per heavy atom. The van der Waals surface area contributed by atoms with Gasteiger partial charge in [0.1, 0.15) is 46.6 Å². The Bertz CT molecular complexity index is 2730. The molecule has 15 heteroatoms. The van der Waals surface area contributed by atoms with Gasteiger partial charge in [0, 0.05) is 35.1 Å². The van der Waals surface area contributed by atoms with Crippen molar-refractivity contribution in [1.29, 1.82) is 0 Å². The van der Waals surface area contributed by atoms with Gasteiger partial charge in [-0.25, -0.2) is 0 Å². The van der Waals surface area contributed by atoms with Crippen molar-refractivity contribution >= 4 is 39.4 Å². The van der Waals surface area contributed by atoms with Crippen LogP contribution in [-0.2, 0) is 22.6 Å². The summed E-state index contributed by atoms with van der Waals surface area (Å²) in [5, 5.41) is 80.7. The van der Waals surface area contributed by atoms with Crippen molar-refractivity contribution in [1.82, 2.24) is 10.6 Å². The first kappa shape index (κ1) is 45.9. The number of rotatable bonds is 5. The van der Waals surface area contributed by atoms with Crippen LogP contribution in [0.1, 0.15) is 102 Å². The van der Waals surface area contributed by atoms with Gasteiger partial charge in [0.15, 0.2) is 11.6 Å². The quantitative estimate of drug-likeness (QED) is 0.128. The predicted molar refractivity (Wildman–Crippen MR) is 261 cm³/mol. The first-order valence-electron chi connectivity index (χ1n) is 25.5. The van der Waals surface area contributed by atoms with E-state index in [1.807, 2.05) is 24.3 Å². The van der Waals surface area contributed by atoms with Gasteiger partial charge in [0.2, 0.25) is 6.29 Å². The maximum absolute atomic E-state index is 15.6. The second-order valence-corrected chi connectivity index (χ2v) is 25.7. The zero-order valence-corrected chi connectivity index (χ0v) is 40.7. The molecule has 3 aliphatic heterocycles. The van der Waals surface area contributed by atoms with Crippen molar-refractivity contribution in [2.24, 2.45) is 57.2 Å². The van der Waals surface area contributed by atoms with Crippen LogP contribution in [0.3, 0.4) is 0 Å². The number of ether oxygens (including phenoxy) is 2. The predicted octanol–water partition coefficient (Wildman–Crippen LogP) is 6.00. The molecule has 4 spiro atoms. The summed E-state index contributed by atoms with van der Waals surface area (Å²) < 4.78 is 13.4. The molecular weight excluding hydrogens is 929 g/mol. The van der Waals surface area contributed by atoms with Gasteiger partial charge >= 0.3 is 0 Å². The van der Waals surface area contributed by atoms with E-state index in [1.165, 1.54) is 39.5 Å². The van der Waals surface area contributed by atoms with E-state index in [9.17, 15) is 35.4 Å². The standard InChI is InChI=1S/C55H62N2O11S2/c58-22-30-6-3-5-29(11-30)12-31-13-39-44(62)36-7-4-8-40-43(36)46(63)54(39,41(61)14-31)27-69-70-28-57-42-17-38-37(21-56-42)32-15-33-18-52(26-60)49(65)55(66,47(64)48(67-40)68-52)45(33)53(38)25-51(20-34(53)16-32)24-50(9-1-2-10-50)19-35(51)23-59/h3-8,11,13-14,17,23,32-35,39,45,47-49,56-58,60-61,64-66H,1-2,9-10,12,15-16,18-22,24-28H2. The maximum atomic E-state index is 15.6. The molecular formula is C55H62N2O11S2. The summed E-state index contributed by atoms with van der Waals surface area (Å²) >= 11 is 0. The number of aliphatic hydroxyl groups excluding tert-OH is 5. The van der Waals surface area contributed by atoms with Crippen LogP contribution in [0.15, 0.2) is 89.0 Å². The van der Waals surface area contributed by atoms with E-state index in [1.54, 1.807) is 24.3 Å². The average Bonchev–Trinajstić information content (AvgIpc) is 4.00. The van der Waals surface area contributed by atoms with Crippen molar-refractivity contribution < 1.29 is 54.5 Å². The zero-order chi connectivity index (χ0) is 48.2. The molecule has 70 heavy (non-hydrogen) atoms. The Kier molecular flexibility index (Phi) is 10.5. The number of aldehydes is 1. The SMILES string of the molecule is O=CC1CC2(CCCC2)CC12CC1CC3CC4CC5(CO)OC6Oc7cccc8c7C(=O)C7(CSSCNC9=CC(=C3CN9)C1(C2)C4C(O)(C6O)C5O)C(O)=CC(Cc1cccc(CO)c1)=CC7C8=O. The highest BCUT2D eigenvalue weighted by atomic mass is 33.1. The zero-order valence-electron chi connectivity index (χ0n) is 39.1. The lowest BCUT2D eigenvalue weighted by atomic mass is 9.46. The van der Waals surface area contributed by atoms with Gasteiger partial charge in [-0.05, 0) is 139 Å². The molecule has 8 N–H and O–H groups in total. The number of carbonyl (C=O) groups excluding carboxylic acids is 3. The fraction of sp³-hybridized carbons (Fsp3) is 0.582. The van der Waals surface area contributed by atoms with E-state index in [-0.39, 0.29) is 75.9 Å². The summed E-state index contributed by atoms with van der Waals surface area (Å²) in [5.74, 6) is -2.18. The van der Waals surface area contributed by atoms with Crippen molar-refractivity contribution in [3.8, 4) is 5.75 Å². The minimum absolute atomic E-state index is 0.0232. The molecule has 9 aliphatic carbocycles. The van der Waals surface area contributed by atoms with E-state index in [4.69, 9.17) is 9.47 Å². The van der Waals surface area contributed by atoms with E-state index in [0.29, 0.717) is 37.3 Å². The average molecular weight is 991 g/mol. The lowest BCUT2D eigenvalue weighted by Crippen LogP contribution is -2.81. The molecule has 14 rings (SSSR count). The number of aliphatic hydroxyl groups is 6.